The summed E-state index contributed by atoms with van der Waals surface area (Å²) in [5, 5.41) is 0. The molecular weight excluding hydrogens is 178 g/mol. The number of carbonyl (C=O) groups is 1. The molecule has 1 rings (SSSR count). The molecule has 1 fully saturated rings. The van der Waals surface area contributed by atoms with E-state index < -0.39 is 10.0 Å². The van der Waals surface area contributed by atoms with Crippen LogP contribution in [0.5, 0.6) is 0 Å². The number of carbonyl (C=O) groups excluding carboxylic acids is 1. The van der Waals surface area contributed by atoms with E-state index in [9.17, 15) is 13.2 Å². The van der Waals surface area contributed by atoms with Crippen molar-refractivity contribution in [1.29, 1.82) is 0 Å². The van der Waals surface area contributed by atoms with Gasteiger partial charge in [-0.2, -0.15) is 0 Å². The first-order valence-electron chi connectivity index (χ1n) is 3.97. The van der Waals surface area contributed by atoms with Crippen molar-refractivity contribution in [2.75, 3.05) is 5.75 Å². The monoisotopic (exact) mass is 191 g/mol. The van der Waals surface area contributed by atoms with E-state index in [1.807, 2.05) is 18.6 Å². The van der Waals surface area contributed by atoms with Crippen LogP contribution in [0, 0.1) is 11.8 Å². The Morgan fingerprint density at radius 1 is 1.50 bits per heavy atom. The van der Waals surface area contributed by atoms with E-state index in [-0.39, 0.29) is 23.5 Å². The van der Waals surface area contributed by atoms with Gasteiger partial charge < -0.3 is 0 Å². The first-order chi connectivity index (χ1) is 5.42. The van der Waals surface area contributed by atoms with E-state index >= 15 is 0 Å². The summed E-state index contributed by atoms with van der Waals surface area (Å²) in [5.41, 5.74) is 0. The Kier molecular flexibility index (Phi) is 2.41. The third-order valence-electron chi connectivity index (χ3n) is 2.10. The summed E-state index contributed by atoms with van der Waals surface area (Å²) in [5.74, 6) is -0.216. The van der Waals surface area contributed by atoms with Crippen molar-refractivity contribution < 1.29 is 13.2 Å². The van der Waals surface area contributed by atoms with Gasteiger partial charge in [-0.25, -0.2) is 8.42 Å². The molecule has 4 nitrogen and oxygen atoms in total. The Hall–Kier alpha value is -0.580. The highest BCUT2D eigenvalue weighted by atomic mass is 32.2. The summed E-state index contributed by atoms with van der Waals surface area (Å²) in [6, 6.07) is 0. The Labute approximate surface area is 72.4 Å². The van der Waals surface area contributed by atoms with Gasteiger partial charge in [0.1, 0.15) is 0 Å². The zero-order valence-electron chi connectivity index (χ0n) is 7.20. The Morgan fingerprint density at radius 3 is 2.50 bits per heavy atom. The summed E-state index contributed by atoms with van der Waals surface area (Å²) in [6.45, 7) is 3.84. The molecule has 1 aliphatic rings. The minimum atomic E-state index is -3.30. The van der Waals surface area contributed by atoms with Gasteiger partial charge in [0.2, 0.25) is 15.9 Å². The maximum atomic E-state index is 11.2. The van der Waals surface area contributed by atoms with E-state index in [0.717, 1.165) is 0 Å². The standard InChI is InChI=1S/C7H13NO3S/c1-5(2)6-3-4-12(10,11)8-7(6)9/h5-6H,3-4H2,1-2H3,(H,8,9). The molecule has 1 atom stereocenters. The molecule has 0 aromatic carbocycles. The summed E-state index contributed by atoms with van der Waals surface area (Å²) >= 11 is 0. The fraction of sp³-hybridized carbons (Fsp3) is 0.857. The van der Waals surface area contributed by atoms with Crippen LogP contribution in [0.1, 0.15) is 20.3 Å². The van der Waals surface area contributed by atoms with Crippen LogP contribution in [0.25, 0.3) is 0 Å². The van der Waals surface area contributed by atoms with E-state index in [2.05, 4.69) is 0 Å². The number of hydrogen-bond acceptors (Lipinski definition) is 3. The number of sulfonamides is 1. The fourth-order valence-electron chi connectivity index (χ4n) is 1.33. The molecular formula is C7H13NO3S. The van der Waals surface area contributed by atoms with Crippen LogP contribution in [0.4, 0.5) is 0 Å². The molecule has 1 N–H and O–H groups in total. The Morgan fingerprint density at radius 2 is 2.08 bits per heavy atom. The lowest BCUT2D eigenvalue weighted by Crippen LogP contribution is -2.44. The highest BCUT2D eigenvalue weighted by Gasteiger charge is 2.31. The highest BCUT2D eigenvalue weighted by molar-refractivity contribution is 7.90. The lowest BCUT2D eigenvalue weighted by molar-refractivity contribution is -0.124. The molecule has 0 radical (unpaired) electrons. The predicted octanol–water partition coefficient (Wildman–Crippen LogP) is 0.108. The predicted molar refractivity (Wildman–Crippen MR) is 44.9 cm³/mol. The Bertz CT molecular complexity index is 281. The molecule has 1 unspecified atom stereocenters. The molecule has 70 valence electrons. The van der Waals surface area contributed by atoms with Gasteiger partial charge >= 0.3 is 0 Å². The minimum absolute atomic E-state index is 0.0710. The number of nitrogens with one attached hydrogen (secondary N) is 1. The van der Waals surface area contributed by atoms with Crippen molar-refractivity contribution in [3.8, 4) is 0 Å². The molecule has 12 heavy (non-hydrogen) atoms. The van der Waals surface area contributed by atoms with Crippen LogP contribution in [-0.4, -0.2) is 20.1 Å². The highest BCUT2D eigenvalue weighted by Crippen LogP contribution is 2.19. The van der Waals surface area contributed by atoms with Gasteiger partial charge in [-0.05, 0) is 12.3 Å². The van der Waals surface area contributed by atoms with Gasteiger partial charge in [-0.3, -0.25) is 9.52 Å². The van der Waals surface area contributed by atoms with Gasteiger partial charge in [0.05, 0.1) is 5.75 Å². The second-order valence-corrected chi connectivity index (χ2v) is 5.27. The molecule has 0 spiro atoms. The van der Waals surface area contributed by atoms with Crippen molar-refractivity contribution in [2.24, 2.45) is 11.8 Å². The van der Waals surface area contributed by atoms with Crippen LogP contribution in [0.3, 0.4) is 0 Å². The number of hydrogen-bond donors (Lipinski definition) is 1. The zero-order chi connectivity index (χ0) is 9.35. The molecule has 1 heterocycles. The molecule has 0 bridgehead atoms. The molecule has 1 aliphatic heterocycles. The largest absolute Gasteiger partial charge is 0.274 e. The number of rotatable bonds is 1. The lowest BCUT2D eigenvalue weighted by Gasteiger charge is -2.24. The molecule has 0 aromatic heterocycles. The van der Waals surface area contributed by atoms with E-state index in [1.165, 1.54) is 0 Å². The van der Waals surface area contributed by atoms with Crippen LogP contribution < -0.4 is 4.72 Å². The van der Waals surface area contributed by atoms with Crippen LogP contribution in [-0.2, 0) is 14.8 Å². The van der Waals surface area contributed by atoms with Crippen LogP contribution >= 0.6 is 0 Å². The van der Waals surface area contributed by atoms with Gasteiger partial charge in [0.15, 0.2) is 0 Å². The molecule has 0 aromatic rings. The van der Waals surface area contributed by atoms with Gasteiger partial charge in [0.25, 0.3) is 0 Å². The average molecular weight is 191 g/mol. The first-order valence-corrected chi connectivity index (χ1v) is 5.62. The van der Waals surface area contributed by atoms with Gasteiger partial charge in [-0.1, -0.05) is 13.8 Å². The minimum Gasteiger partial charge on any atom is -0.274 e. The van der Waals surface area contributed by atoms with Crippen molar-refractivity contribution in [3.05, 3.63) is 0 Å². The number of amides is 1. The van der Waals surface area contributed by atoms with Gasteiger partial charge in [-0.15, -0.1) is 0 Å². The van der Waals surface area contributed by atoms with Crippen molar-refractivity contribution in [2.45, 2.75) is 20.3 Å². The SMILES string of the molecule is CC(C)C1CCS(=O)(=O)NC1=O. The fourth-order valence-corrected chi connectivity index (χ4v) is 2.45. The maximum Gasteiger partial charge on any atom is 0.236 e. The van der Waals surface area contributed by atoms with Crippen molar-refractivity contribution in [3.63, 3.8) is 0 Å². The summed E-state index contributed by atoms with van der Waals surface area (Å²) in [7, 11) is -3.30. The second-order valence-electron chi connectivity index (χ2n) is 3.42. The quantitative estimate of drug-likeness (QED) is 0.639. The smallest absolute Gasteiger partial charge is 0.236 e. The molecule has 5 heteroatoms. The first kappa shape index (κ1) is 9.51. The Balaban J connectivity index is 2.73. The van der Waals surface area contributed by atoms with E-state index in [1.54, 1.807) is 0 Å². The van der Waals surface area contributed by atoms with E-state index in [0.29, 0.717) is 6.42 Å². The third kappa shape index (κ3) is 1.97. The lowest BCUT2D eigenvalue weighted by atomic mass is 9.93. The normalized spacial score (nSPS) is 28.6. The molecule has 1 saturated heterocycles. The molecule has 0 aliphatic carbocycles. The summed E-state index contributed by atoms with van der Waals surface area (Å²) < 4.78 is 23.8. The van der Waals surface area contributed by atoms with Crippen LogP contribution in [0.15, 0.2) is 0 Å². The topological polar surface area (TPSA) is 63.2 Å². The zero-order valence-corrected chi connectivity index (χ0v) is 8.02. The van der Waals surface area contributed by atoms with Crippen molar-refractivity contribution in [1.82, 2.24) is 4.72 Å². The van der Waals surface area contributed by atoms with E-state index in [4.69, 9.17) is 0 Å². The van der Waals surface area contributed by atoms with Crippen LogP contribution in [0.2, 0.25) is 0 Å². The maximum absolute atomic E-state index is 11.2. The summed E-state index contributed by atoms with van der Waals surface area (Å²) in [6.07, 6.45) is 0.450. The third-order valence-corrected chi connectivity index (χ3v) is 3.38. The molecule has 1 amide bonds. The van der Waals surface area contributed by atoms with Crippen molar-refractivity contribution >= 4 is 15.9 Å². The average Bonchev–Trinajstić information content (AvgIpc) is 1.83. The second kappa shape index (κ2) is 3.05. The molecule has 0 saturated carbocycles. The summed E-state index contributed by atoms with van der Waals surface area (Å²) in [4.78, 5) is 11.2. The van der Waals surface area contributed by atoms with Gasteiger partial charge in [0, 0.05) is 5.92 Å².